The highest BCUT2D eigenvalue weighted by Crippen LogP contribution is 2.09. The third-order valence-electron chi connectivity index (χ3n) is 2.15. The molecule has 0 aromatic carbocycles. The minimum Gasteiger partial charge on any atom is -0.350 e. The predicted molar refractivity (Wildman–Crippen MR) is 69.7 cm³/mol. The summed E-state index contributed by atoms with van der Waals surface area (Å²) >= 11 is 3.00. The fourth-order valence-electron chi connectivity index (χ4n) is 1.36. The fourth-order valence-corrected chi connectivity index (χ4v) is 2.72. The average molecular weight is 267 g/mol. The molecule has 2 heterocycles. The number of nitrogens with zero attached hydrogens (tertiary/aromatic N) is 2. The van der Waals surface area contributed by atoms with Crippen LogP contribution in [0.15, 0.2) is 10.8 Å². The summed E-state index contributed by atoms with van der Waals surface area (Å²) in [7, 11) is 0. The van der Waals surface area contributed by atoms with Crippen molar-refractivity contribution in [3.05, 3.63) is 32.2 Å². The summed E-state index contributed by atoms with van der Waals surface area (Å²) in [5.41, 5.74) is 1.92. The Kier molecular flexibility index (Phi) is 3.86. The number of amides is 1. The molecule has 0 aliphatic heterocycles. The van der Waals surface area contributed by atoms with Gasteiger partial charge in [0.2, 0.25) is 0 Å². The van der Waals surface area contributed by atoms with Gasteiger partial charge in [0.05, 0.1) is 10.7 Å². The first-order valence-electron chi connectivity index (χ1n) is 5.26. The molecule has 0 saturated heterocycles. The molecular formula is C11H13N3OS2. The number of hydrogen-bond acceptors (Lipinski definition) is 5. The smallest absolute Gasteiger partial charge is 0.280 e. The first kappa shape index (κ1) is 12.2. The Morgan fingerprint density at radius 2 is 2.12 bits per heavy atom. The van der Waals surface area contributed by atoms with Gasteiger partial charge in [0.1, 0.15) is 0 Å². The first-order chi connectivity index (χ1) is 8.15. The zero-order chi connectivity index (χ0) is 12.3. The summed E-state index contributed by atoms with van der Waals surface area (Å²) in [6, 6.07) is 0. The van der Waals surface area contributed by atoms with Crippen LogP contribution >= 0.6 is 22.7 Å². The van der Waals surface area contributed by atoms with Gasteiger partial charge in [-0.15, -0.1) is 22.7 Å². The lowest BCUT2D eigenvalue weighted by atomic mass is 10.3. The molecule has 2 aromatic heterocycles. The Hall–Kier alpha value is -1.27. The lowest BCUT2D eigenvalue weighted by Crippen LogP contribution is -2.25. The predicted octanol–water partition coefficient (Wildman–Crippen LogP) is 2.19. The van der Waals surface area contributed by atoms with Crippen LogP contribution in [0.2, 0.25) is 0 Å². The Balaban J connectivity index is 1.81. The van der Waals surface area contributed by atoms with Crippen LogP contribution < -0.4 is 5.32 Å². The number of carbonyl (C=O) groups excluding carboxylic acids is 1. The number of carbonyl (C=O) groups is 1. The molecule has 0 atom stereocenters. The lowest BCUT2D eigenvalue weighted by molar-refractivity contribution is 0.0953. The SMILES string of the molecule is Cc1csc(C(=O)NCCc2csc(C)n2)n1. The quantitative estimate of drug-likeness (QED) is 0.924. The van der Waals surface area contributed by atoms with Crippen LogP contribution in [-0.2, 0) is 6.42 Å². The van der Waals surface area contributed by atoms with E-state index < -0.39 is 0 Å². The largest absolute Gasteiger partial charge is 0.350 e. The highest BCUT2D eigenvalue weighted by atomic mass is 32.1. The van der Waals surface area contributed by atoms with Crippen molar-refractivity contribution < 1.29 is 4.79 Å². The van der Waals surface area contributed by atoms with E-state index in [0.29, 0.717) is 11.6 Å². The van der Waals surface area contributed by atoms with Crippen LogP contribution in [0.4, 0.5) is 0 Å². The van der Waals surface area contributed by atoms with Gasteiger partial charge in [-0.1, -0.05) is 0 Å². The maximum atomic E-state index is 11.7. The van der Waals surface area contributed by atoms with Gasteiger partial charge < -0.3 is 5.32 Å². The van der Waals surface area contributed by atoms with Gasteiger partial charge in [-0.25, -0.2) is 9.97 Å². The second kappa shape index (κ2) is 5.37. The summed E-state index contributed by atoms with van der Waals surface area (Å²) in [6.07, 6.45) is 0.764. The van der Waals surface area contributed by atoms with E-state index in [2.05, 4.69) is 15.3 Å². The van der Waals surface area contributed by atoms with Crippen LogP contribution in [0.3, 0.4) is 0 Å². The molecule has 1 N–H and O–H groups in total. The second-order valence-electron chi connectivity index (χ2n) is 3.66. The monoisotopic (exact) mass is 267 g/mol. The lowest BCUT2D eigenvalue weighted by Gasteiger charge is -2.00. The molecule has 4 nitrogen and oxygen atoms in total. The van der Waals surface area contributed by atoms with Crippen LogP contribution in [0.25, 0.3) is 0 Å². The molecular weight excluding hydrogens is 254 g/mol. The molecule has 0 aliphatic rings. The summed E-state index contributed by atoms with van der Waals surface area (Å²) in [6.45, 7) is 4.46. The Morgan fingerprint density at radius 1 is 1.29 bits per heavy atom. The Bertz CT molecular complexity index is 518. The first-order valence-corrected chi connectivity index (χ1v) is 7.02. The van der Waals surface area contributed by atoms with Crippen LogP contribution in [0, 0.1) is 13.8 Å². The molecule has 90 valence electrons. The van der Waals surface area contributed by atoms with Crippen molar-refractivity contribution in [3.8, 4) is 0 Å². The van der Waals surface area contributed by atoms with Crippen molar-refractivity contribution in [2.75, 3.05) is 6.54 Å². The van der Waals surface area contributed by atoms with E-state index in [4.69, 9.17) is 0 Å². The van der Waals surface area contributed by atoms with Gasteiger partial charge in [-0.2, -0.15) is 0 Å². The van der Waals surface area contributed by atoms with Crippen LogP contribution in [0.5, 0.6) is 0 Å². The van der Waals surface area contributed by atoms with Gasteiger partial charge in [0.25, 0.3) is 5.91 Å². The van der Waals surface area contributed by atoms with Gasteiger partial charge in [-0.05, 0) is 13.8 Å². The minimum atomic E-state index is -0.102. The molecule has 2 aromatic rings. The van der Waals surface area contributed by atoms with Gasteiger partial charge >= 0.3 is 0 Å². The van der Waals surface area contributed by atoms with Crippen molar-refractivity contribution in [3.63, 3.8) is 0 Å². The molecule has 0 bridgehead atoms. The van der Waals surface area contributed by atoms with E-state index >= 15 is 0 Å². The van der Waals surface area contributed by atoms with E-state index in [9.17, 15) is 4.79 Å². The molecule has 1 amide bonds. The molecule has 6 heteroatoms. The second-order valence-corrected chi connectivity index (χ2v) is 5.58. The summed E-state index contributed by atoms with van der Waals surface area (Å²) in [5.74, 6) is -0.102. The standard InChI is InChI=1S/C11H13N3OS2/c1-7-5-17-11(13-7)10(15)12-4-3-9-6-16-8(2)14-9/h5-6H,3-4H2,1-2H3,(H,12,15). The van der Waals surface area contributed by atoms with Crippen molar-refractivity contribution in [2.45, 2.75) is 20.3 Å². The van der Waals surface area contributed by atoms with Crippen molar-refractivity contribution in [1.29, 1.82) is 0 Å². The van der Waals surface area contributed by atoms with Crippen molar-refractivity contribution in [2.24, 2.45) is 0 Å². The normalized spacial score (nSPS) is 10.5. The van der Waals surface area contributed by atoms with E-state index in [-0.39, 0.29) is 5.91 Å². The average Bonchev–Trinajstić information content (AvgIpc) is 2.88. The molecule has 0 unspecified atom stereocenters. The number of aromatic nitrogens is 2. The van der Waals surface area contributed by atoms with Crippen molar-refractivity contribution >= 4 is 28.6 Å². The third-order valence-corrected chi connectivity index (χ3v) is 3.93. The zero-order valence-corrected chi connectivity index (χ0v) is 11.3. The molecule has 0 fully saturated rings. The summed E-state index contributed by atoms with van der Waals surface area (Å²) < 4.78 is 0. The number of thiazole rings is 2. The van der Waals surface area contributed by atoms with E-state index in [1.54, 1.807) is 11.3 Å². The molecule has 0 radical (unpaired) electrons. The fraction of sp³-hybridized carbons (Fsp3) is 0.364. The highest BCUT2D eigenvalue weighted by Gasteiger charge is 2.09. The molecule has 0 saturated carbocycles. The van der Waals surface area contributed by atoms with Gasteiger partial charge in [0, 0.05) is 29.4 Å². The number of aryl methyl sites for hydroxylation is 2. The van der Waals surface area contributed by atoms with Gasteiger partial charge in [0.15, 0.2) is 5.01 Å². The Morgan fingerprint density at radius 3 is 2.71 bits per heavy atom. The zero-order valence-electron chi connectivity index (χ0n) is 9.69. The maximum Gasteiger partial charge on any atom is 0.280 e. The van der Waals surface area contributed by atoms with Gasteiger partial charge in [-0.3, -0.25) is 4.79 Å². The number of hydrogen-bond donors (Lipinski definition) is 1. The summed E-state index contributed by atoms with van der Waals surface area (Å²) in [4.78, 5) is 20.1. The van der Waals surface area contributed by atoms with E-state index in [1.807, 2.05) is 24.6 Å². The number of rotatable bonds is 4. The highest BCUT2D eigenvalue weighted by molar-refractivity contribution is 7.11. The topological polar surface area (TPSA) is 54.9 Å². The van der Waals surface area contributed by atoms with Crippen LogP contribution in [0.1, 0.15) is 26.2 Å². The van der Waals surface area contributed by atoms with E-state index in [0.717, 1.165) is 22.8 Å². The van der Waals surface area contributed by atoms with Crippen molar-refractivity contribution in [1.82, 2.24) is 15.3 Å². The minimum absolute atomic E-state index is 0.102. The summed E-state index contributed by atoms with van der Waals surface area (Å²) in [5, 5.41) is 8.32. The Labute approximate surface area is 108 Å². The third kappa shape index (κ3) is 3.34. The van der Waals surface area contributed by atoms with E-state index in [1.165, 1.54) is 11.3 Å². The van der Waals surface area contributed by atoms with Crippen LogP contribution in [-0.4, -0.2) is 22.4 Å². The molecule has 0 aliphatic carbocycles. The number of nitrogens with one attached hydrogen (secondary N) is 1. The molecule has 0 spiro atoms. The molecule has 2 rings (SSSR count). The maximum absolute atomic E-state index is 11.7. The molecule has 17 heavy (non-hydrogen) atoms.